The van der Waals surface area contributed by atoms with Gasteiger partial charge in [-0.3, -0.25) is 9.97 Å². The van der Waals surface area contributed by atoms with Crippen LogP contribution in [0.1, 0.15) is 16.6 Å². The topological polar surface area (TPSA) is 63.6 Å². The first kappa shape index (κ1) is 9.17. The van der Waals surface area contributed by atoms with Crippen molar-refractivity contribution in [1.82, 2.24) is 24.9 Å². The lowest BCUT2D eigenvalue weighted by atomic mass is 10.2. The molecule has 0 amide bonds. The molecule has 6 heteroatoms. The molecule has 0 aliphatic carbocycles. The lowest BCUT2D eigenvalue weighted by Crippen LogP contribution is -2.17. The van der Waals surface area contributed by atoms with Gasteiger partial charge in [-0.15, -0.1) is 5.10 Å². The van der Waals surface area contributed by atoms with Crippen LogP contribution in [0.4, 0.5) is 0 Å². The highest BCUT2D eigenvalue weighted by atomic mass is 32.1. The van der Waals surface area contributed by atoms with Crippen LogP contribution in [0.25, 0.3) is 0 Å². The number of rotatable bonds is 3. The molecule has 1 unspecified atom stereocenters. The zero-order chi connectivity index (χ0) is 9.80. The fourth-order valence-corrected chi connectivity index (χ4v) is 1.82. The van der Waals surface area contributed by atoms with E-state index in [-0.39, 0.29) is 6.04 Å². The molecule has 0 spiro atoms. The van der Waals surface area contributed by atoms with E-state index >= 15 is 0 Å². The summed E-state index contributed by atoms with van der Waals surface area (Å²) in [6.07, 6.45) is 6.80. The lowest BCUT2D eigenvalue weighted by molar-refractivity contribution is 0.676. The minimum Gasteiger partial charge on any atom is -0.307 e. The average Bonchev–Trinajstić information content (AvgIpc) is 2.74. The predicted molar refractivity (Wildman–Crippen MR) is 52.8 cm³/mol. The summed E-state index contributed by atoms with van der Waals surface area (Å²) < 4.78 is 3.82. The van der Waals surface area contributed by atoms with Gasteiger partial charge in [0.15, 0.2) is 0 Å². The molecule has 2 rings (SSSR count). The first-order chi connectivity index (χ1) is 6.92. The number of aromatic nitrogens is 4. The minimum atomic E-state index is 0.0312. The van der Waals surface area contributed by atoms with E-state index in [9.17, 15) is 0 Å². The van der Waals surface area contributed by atoms with Crippen LogP contribution < -0.4 is 5.32 Å². The van der Waals surface area contributed by atoms with Crippen molar-refractivity contribution in [1.29, 1.82) is 0 Å². The van der Waals surface area contributed by atoms with Gasteiger partial charge in [0.2, 0.25) is 0 Å². The summed E-state index contributed by atoms with van der Waals surface area (Å²) in [6, 6.07) is 0.0312. The molecule has 0 aliphatic heterocycles. The van der Waals surface area contributed by atoms with E-state index in [4.69, 9.17) is 0 Å². The molecule has 0 radical (unpaired) electrons. The summed E-state index contributed by atoms with van der Waals surface area (Å²) >= 11 is 1.36. The number of nitrogens with one attached hydrogen (secondary N) is 1. The molecule has 0 saturated heterocycles. The lowest BCUT2D eigenvalue weighted by Gasteiger charge is -2.11. The second-order valence-corrected chi connectivity index (χ2v) is 3.49. The minimum absolute atomic E-state index is 0.0312. The molecule has 0 saturated carbocycles. The molecule has 0 bridgehead atoms. The Morgan fingerprint density at radius 2 is 2.29 bits per heavy atom. The fourth-order valence-electron chi connectivity index (χ4n) is 1.20. The van der Waals surface area contributed by atoms with Crippen LogP contribution in [0.5, 0.6) is 0 Å². The van der Waals surface area contributed by atoms with Gasteiger partial charge in [0.05, 0.1) is 29.0 Å². The van der Waals surface area contributed by atoms with Crippen LogP contribution in [0.2, 0.25) is 0 Å². The number of hydrogen-bond acceptors (Lipinski definition) is 6. The summed E-state index contributed by atoms with van der Waals surface area (Å²) in [5.74, 6) is 0. The van der Waals surface area contributed by atoms with Crippen molar-refractivity contribution in [2.75, 3.05) is 7.05 Å². The smallest absolute Gasteiger partial charge is 0.0890 e. The Morgan fingerprint density at radius 3 is 2.86 bits per heavy atom. The summed E-state index contributed by atoms with van der Waals surface area (Å²) in [5.41, 5.74) is 0.876. The van der Waals surface area contributed by atoms with Crippen LogP contribution >= 0.6 is 11.5 Å². The van der Waals surface area contributed by atoms with Crippen molar-refractivity contribution in [3.8, 4) is 0 Å². The molecule has 5 nitrogen and oxygen atoms in total. The molecule has 2 aromatic heterocycles. The van der Waals surface area contributed by atoms with Crippen molar-refractivity contribution in [2.24, 2.45) is 0 Å². The van der Waals surface area contributed by atoms with Crippen LogP contribution in [0.15, 0.2) is 24.8 Å². The Hall–Kier alpha value is -1.40. The van der Waals surface area contributed by atoms with E-state index in [0.717, 1.165) is 10.6 Å². The van der Waals surface area contributed by atoms with E-state index in [2.05, 4.69) is 24.9 Å². The summed E-state index contributed by atoms with van der Waals surface area (Å²) in [5, 5.41) is 6.95. The Morgan fingerprint density at radius 1 is 1.36 bits per heavy atom. The third kappa shape index (κ3) is 1.75. The Bertz CT molecular complexity index is 374. The maximum atomic E-state index is 4.23. The molecule has 2 aromatic rings. The van der Waals surface area contributed by atoms with Gasteiger partial charge in [-0.1, -0.05) is 4.49 Å². The Balaban J connectivity index is 2.31. The first-order valence-corrected chi connectivity index (χ1v) is 4.89. The third-order valence-electron chi connectivity index (χ3n) is 1.83. The van der Waals surface area contributed by atoms with E-state index in [1.54, 1.807) is 24.8 Å². The van der Waals surface area contributed by atoms with Gasteiger partial charge in [0.25, 0.3) is 0 Å². The van der Waals surface area contributed by atoms with Crippen molar-refractivity contribution in [3.63, 3.8) is 0 Å². The van der Waals surface area contributed by atoms with Crippen molar-refractivity contribution in [3.05, 3.63) is 35.4 Å². The van der Waals surface area contributed by atoms with E-state index < -0.39 is 0 Å². The summed E-state index contributed by atoms with van der Waals surface area (Å²) in [4.78, 5) is 9.29. The number of hydrogen-bond donors (Lipinski definition) is 1. The highest BCUT2D eigenvalue weighted by molar-refractivity contribution is 7.05. The van der Waals surface area contributed by atoms with Crippen molar-refractivity contribution in [2.45, 2.75) is 6.04 Å². The van der Waals surface area contributed by atoms with E-state index in [1.807, 2.05) is 7.05 Å². The monoisotopic (exact) mass is 207 g/mol. The predicted octanol–water partition coefficient (Wildman–Crippen LogP) is 0.637. The van der Waals surface area contributed by atoms with Crippen LogP contribution in [0, 0.1) is 0 Å². The van der Waals surface area contributed by atoms with Crippen molar-refractivity contribution >= 4 is 11.5 Å². The standard InChI is InChI=1S/C8H9N5S/c1-9-8(7-5-12-13-14-7)6-4-10-2-3-11-6/h2-5,8-9H,1H3. The molecular formula is C8H9N5S. The van der Waals surface area contributed by atoms with Crippen LogP contribution in [-0.2, 0) is 0 Å². The normalized spacial score (nSPS) is 12.6. The molecule has 1 N–H and O–H groups in total. The Kier molecular flexibility index (Phi) is 2.76. The first-order valence-electron chi connectivity index (χ1n) is 4.12. The van der Waals surface area contributed by atoms with Gasteiger partial charge in [0.1, 0.15) is 0 Å². The number of nitrogens with zero attached hydrogens (tertiary/aromatic N) is 4. The summed E-state index contributed by atoms with van der Waals surface area (Å²) in [7, 11) is 1.87. The molecule has 2 heterocycles. The second-order valence-electron chi connectivity index (χ2n) is 2.67. The summed E-state index contributed by atoms with van der Waals surface area (Å²) in [6.45, 7) is 0. The zero-order valence-electron chi connectivity index (χ0n) is 7.58. The quantitative estimate of drug-likeness (QED) is 0.800. The third-order valence-corrected chi connectivity index (χ3v) is 2.56. The van der Waals surface area contributed by atoms with Crippen LogP contribution in [0.3, 0.4) is 0 Å². The highest BCUT2D eigenvalue weighted by Crippen LogP contribution is 2.20. The van der Waals surface area contributed by atoms with Gasteiger partial charge in [-0.2, -0.15) is 0 Å². The Labute approximate surface area is 85.4 Å². The SMILES string of the molecule is CNC(c1cnccn1)c1cnns1. The van der Waals surface area contributed by atoms with Gasteiger partial charge in [-0.05, 0) is 18.6 Å². The van der Waals surface area contributed by atoms with Gasteiger partial charge in [0, 0.05) is 12.4 Å². The molecule has 14 heavy (non-hydrogen) atoms. The van der Waals surface area contributed by atoms with E-state index in [0.29, 0.717) is 0 Å². The zero-order valence-corrected chi connectivity index (χ0v) is 8.40. The average molecular weight is 207 g/mol. The molecule has 0 fully saturated rings. The maximum Gasteiger partial charge on any atom is 0.0890 e. The maximum absolute atomic E-state index is 4.23. The molecular weight excluding hydrogens is 198 g/mol. The largest absolute Gasteiger partial charge is 0.307 e. The molecule has 0 aliphatic rings. The second kappa shape index (κ2) is 4.21. The van der Waals surface area contributed by atoms with Gasteiger partial charge < -0.3 is 5.32 Å². The van der Waals surface area contributed by atoms with Crippen molar-refractivity contribution < 1.29 is 0 Å². The van der Waals surface area contributed by atoms with E-state index in [1.165, 1.54) is 11.5 Å². The van der Waals surface area contributed by atoms with Gasteiger partial charge >= 0.3 is 0 Å². The molecule has 0 aromatic carbocycles. The fraction of sp³-hybridized carbons (Fsp3) is 0.250. The molecule has 1 atom stereocenters. The van der Waals surface area contributed by atoms with Gasteiger partial charge in [-0.25, -0.2) is 0 Å². The highest BCUT2D eigenvalue weighted by Gasteiger charge is 2.15. The molecule has 72 valence electrons. The van der Waals surface area contributed by atoms with Crippen LogP contribution in [-0.4, -0.2) is 26.6 Å².